The molecule has 0 aliphatic rings. The highest BCUT2D eigenvalue weighted by molar-refractivity contribution is 5.97. The van der Waals surface area contributed by atoms with E-state index in [4.69, 9.17) is 19.9 Å². The van der Waals surface area contributed by atoms with Crippen LogP contribution in [0.25, 0.3) is 89.4 Å². The fourth-order valence-corrected chi connectivity index (χ4v) is 6.55. The van der Waals surface area contributed by atoms with Crippen LogP contribution < -0.4 is 0 Å². The van der Waals surface area contributed by atoms with Crippen molar-refractivity contribution in [2.45, 2.75) is 0 Å². The predicted octanol–water partition coefficient (Wildman–Crippen LogP) is 11.6. The molecule has 0 fully saturated rings. The number of hydrogen-bond donors (Lipinski definition) is 0. The summed E-state index contributed by atoms with van der Waals surface area (Å²) in [6.45, 7) is 0. The van der Waals surface area contributed by atoms with E-state index in [0.717, 1.165) is 66.6 Å². The third-order valence-corrected chi connectivity index (χ3v) is 9.12. The maximum Gasteiger partial charge on any atom is 0.160 e. The van der Waals surface area contributed by atoms with Crippen LogP contribution in [0.2, 0.25) is 0 Å². The Hall–Kier alpha value is -6.78. The maximum atomic E-state index is 5.20. The zero-order valence-corrected chi connectivity index (χ0v) is 27.1. The first kappa shape index (κ1) is 29.4. The van der Waals surface area contributed by atoms with Crippen molar-refractivity contribution >= 4 is 21.8 Å². The third kappa shape index (κ3) is 5.59. The molecule has 0 amide bonds. The second kappa shape index (κ2) is 12.7. The number of rotatable bonds is 6. The van der Waals surface area contributed by atoms with Crippen molar-refractivity contribution in [3.05, 3.63) is 182 Å². The maximum absolute atomic E-state index is 5.20. The minimum atomic E-state index is 0.692. The van der Waals surface area contributed by atoms with Gasteiger partial charge in [0.05, 0.1) is 22.4 Å². The van der Waals surface area contributed by atoms with Crippen LogP contribution in [0.15, 0.2) is 182 Å². The molecular formula is C46H30N4. The fourth-order valence-electron chi connectivity index (χ4n) is 6.55. The molecule has 0 aliphatic heterocycles. The average molecular weight is 639 g/mol. The molecule has 0 bridgehead atoms. The first-order valence-electron chi connectivity index (χ1n) is 16.7. The molecule has 0 atom stereocenters. The van der Waals surface area contributed by atoms with Crippen molar-refractivity contribution < 1.29 is 0 Å². The number of para-hydroxylation sites is 2. The minimum Gasteiger partial charge on any atom is -0.228 e. The Bertz CT molecular complexity index is 2430. The van der Waals surface area contributed by atoms with Gasteiger partial charge in [-0.05, 0) is 40.5 Å². The molecule has 0 unspecified atom stereocenters. The quantitative estimate of drug-likeness (QED) is 0.182. The fraction of sp³-hybridized carbons (Fsp3) is 0. The standard InChI is InChI=1S/C46H30N4/c1-3-12-31(13-4-1)33-22-26-35(27-23-33)45-47-41-20-9-7-18-39(41)43(49-45)37-16-11-17-38(30-37)44-40-19-8-10-21-42(40)48-46(50-44)36-28-24-34(25-29-36)32-14-5-2-6-15-32/h1-30H. The van der Waals surface area contributed by atoms with Crippen molar-refractivity contribution in [2.75, 3.05) is 0 Å². The highest BCUT2D eigenvalue weighted by Gasteiger charge is 2.16. The number of benzene rings is 7. The summed E-state index contributed by atoms with van der Waals surface area (Å²) in [7, 11) is 0. The van der Waals surface area contributed by atoms with Crippen LogP contribution in [0, 0.1) is 0 Å². The van der Waals surface area contributed by atoms with Gasteiger partial charge in [0.25, 0.3) is 0 Å². The zero-order chi connectivity index (χ0) is 33.3. The van der Waals surface area contributed by atoms with E-state index in [1.807, 2.05) is 36.4 Å². The molecule has 0 aliphatic carbocycles. The van der Waals surface area contributed by atoms with E-state index < -0.39 is 0 Å². The molecule has 9 rings (SSSR count). The molecule has 234 valence electrons. The number of fused-ring (bicyclic) bond motifs is 2. The Morgan fingerprint density at radius 2 is 0.580 bits per heavy atom. The second-order valence-electron chi connectivity index (χ2n) is 12.3. The van der Waals surface area contributed by atoms with Gasteiger partial charge in [-0.1, -0.05) is 164 Å². The number of nitrogens with zero attached hydrogens (tertiary/aromatic N) is 4. The van der Waals surface area contributed by atoms with Crippen molar-refractivity contribution in [1.29, 1.82) is 0 Å². The van der Waals surface area contributed by atoms with Crippen LogP contribution in [0.3, 0.4) is 0 Å². The second-order valence-corrected chi connectivity index (χ2v) is 12.3. The van der Waals surface area contributed by atoms with E-state index in [2.05, 4.69) is 146 Å². The zero-order valence-electron chi connectivity index (χ0n) is 27.1. The van der Waals surface area contributed by atoms with E-state index in [1.165, 1.54) is 11.1 Å². The van der Waals surface area contributed by atoms with Gasteiger partial charge in [-0.3, -0.25) is 0 Å². The van der Waals surface area contributed by atoms with Gasteiger partial charge >= 0.3 is 0 Å². The van der Waals surface area contributed by atoms with Crippen LogP contribution in [-0.2, 0) is 0 Å². The molecule has 0 saturated carbocycles. The van der Waals surface area contributed by atoms with E-state index in [0.29, 0.717) is 11.6 Å². The van der Waals surface area contributed by atoms with Gasteiger partial charge in [-0.2, -0.15) is 0 Å². The molecule has 4 nitrogen and oxygen atoms in total. The highest BCUT2D eigenvalue weighted by atomic mass is 14.9. The summed E-state index contributed by atoms with van der Waals surface area (Å²) in [5.41, 5.74) is 12.2. The molecule has 2 aromatic heterocycles. The van der Waals surface area contributed by atoms with E-state index in [9.17, 15) is 0 Å². The molecule has 50 heavy (non-hydrogen) atoms. The predicted molar refractivity (Wildman–Crippen MR) is 205 cm³/mol. The van der Waals surface area contributed by atoms with E-state index >= 15 is 0 Å². The smallest absolute Gasteiger partial charge is 0.160 e. The lowest BCUT2D eigenvalue weighted by Gasteiger charge is -2.13. The van der Waals surface area contributed by atoms with Gasteiger partial charge in [0.1, 0.15) is 0 Å². The molecule has 0 spiro atoms. The molecule has 0 radical (unpaired) electrons. The van der Waals surface area contributed by atoms with Crippen molar-refractivity contribution in [2.24, 2.45) is 0 Å². The summed E-state index contributed by atoms with van der Waals surface area (Å²) in [4.78, 5) is 20.4. The SMILES string of the molecule is c1ccc(-c2ccc(-c3nc(-c4cccc(-c5nc(-c6ccc(-c7ccccc7)cc6)nc6ccccc56)c4)c4ccccc4n3)cc2)cc1. The Labute approximate surface area is 290 Å². The number of hydrogen-bond acceptors (Lipinski definition) is 4. The molecule has 7 aromatic carbocycles. The summed E-state index contributed by atoms with van der Waals surface area (Å²) in [6.07, 6.45) is 0. The first-order chi connectivity index (χ1) is 24.8. The normalized spacial score (nSPS) is 11.2. The van der Waals surface area contributed by atoms with Gasteiger partial charge in [-0.15, -0.1) is 0 Å². The average Bonchev–Trinajstić information content (AvgIpc) is 3.21. The monoisotopic (exact) mass is 638 g/mol. The summed E-state index contributed by atoms with van der Waals surface area (Å²) in [5, 5.41) is 2.00. The summed E-state index contributed by atoms with van der Waals surface area (Å²) in [6, 6.07) is 62.7. The Morgan fingerprint density at radius 3 is 1.02 bits per heavy atom. The third-order valence-electron chi connectivity index (χ3n) is 9.12. The summed E-state index contributed by atoms with van der Waals surface area (Å²) < 4.78 is 0. The summed E-state index contributed by atoms with van der Waals surface area (Å²) >= 11 is 0. The molecule has 4 heteroatoms. The van der Waals surface area contributed by atoms with Crippen molar-refractivity contribution in [3.8, 4) is 67.5 Å². The van der Waals surface area contributed by atoms with E-state index in [1.54, 1.807) is 0 Å². The lowest BCUT2D eigenvalue weighted by Crippen LogP contribution is -1.97. The lowest BCUT2D eigenvalue weighted by molar-refractivity contribution is 1.22. The Balaban J connectivity index is 1.14. The number of aromatic nitrogens is 4. The largest absolute Gasteiger partial charge is 0.228 e. The van der Waals surface area contributed by atoms with Crippen molar-refractivity contribution in [3.63, 3.8) is 0 Å². The minimum absolute atomic E-state index is 0.692. The summed E-state index contributed by atoms with van der Waals surface area (Å²) in [5.74, 6) is 1.38. The molecule has 0 N–H and O–H groups in total. The topological polar surface area (TPSA) is 51.6 Å². The lowest BCUT2D eigenvalue weighted by atomic mass is 9.99. The van der Waals surface area contributed by atoms with Crippen molar-refractivity contribution in [1.82, 2.24) is 19.9 Å². The van der Waals surface area contributed by atoms with Gasteiger partial charge < -0.3 is 0 Å². The molecule has 9 aromatic rings. The Morgan fingerprint density at radius 1 is 0.240 bits per heavy atom. The molecule has 2 heterocycles. The molecular weight excluding hydrogens is 609 g/mol. The Kier molecular flexibility index (Phi) is 7.45. The van der Waals surface area contributed by atoms with E-state index in [-0.39, 0.29) is 0 Å². The van der Waals surface area contributed by atoms with Crippen LogP contribution in [0.1, 0.15) is 0 Å². The highest BCUT2D eigenvalue weighted by Crippen LogP contribution is 2.35. The van der Waals surface area contributed by atoms with Gasteiger partial charge in [0.15, 0.2) is 11.6 Å². The van der Waals surface area contributed by atoms with Crippen LogP contribution in [0.5, 0.6) is 0 Å². The van der Waals surface area contributed by atoms with Gasteiger partial charge in [0.2, 0.25) is 0 Å². The van der Waals surface area contributed by atoms with Crippen LogP contribution in [-0.4, -0.2) is 19.9 Å². The van der Waals surface area contributed by atoms with Crippen LogP contribution in [0.4, 0.5) is 0 Å². The van der Waals surface area contributed by atoms with Gasteiger partial charge in [0, 0.05) is 33.0 Å². The molecule has 0 saturated heterocycles. The van der Waals surface area contributed by atoms with Gasteiger partial charge in [-0.25, -0.2) is 19.9 Å². The van der Waals surface area contributed by atoms with Crippen LogP contribution >= 0.6 is 0 Å². The first-order valence-corrected chi connectivity index (χ1v) is 16.7.